The van der Waals surface area contributed by atoms with Gasteiger partial charge in [0.05, 0.1) is 23.2 Å². The molecule has 168 valence electrons. The van der Waals surface area contributed by atoms with Crippen molar-refractivity contribution in [1.29, 1.82) is 0 Å². The molecule has 32 heavy (non-hydrogen) atoms. The van der Waals surface area contributed by atoms with Crippen molar-refractivity contribution in [3.05, 3.63) is 76.3 Å². The monoisotopic (exact) mass is 454 g/mol. The smallest absolute Gasteiger partial charge is 0.258 e. The number of rotatable bonds is 7. The van der Waals surface area contributed by atoms with Crippen molar-refractivity contribution in [3.8, 4) is 11.5 Å². The van der Waals surface area contributed by atoms with E-state index in [1.807, 2.05) is 24.5 Å². The number of imidazole rings is 1. The fourth-order valence-electron chi connectivity index (χ4n) is 4.26. The molecular weight excluding hydrogens is 428 g/mol. The third kappa shape index (κ3) is 4.59. The summed E-state index contributed by atoms with van der Waals surface area (Å²) in [4.78, 5) is 19.3. The summed E-state index contributed by atoms with van der Waals surface area (Å²) < 4.78 is 2.11. The number of nitrogens with one attached hydrogen (secondary N) is 1. The highest BCUT2D eigenvalue weighted by Gasteiger charge is 2.32. The van der Waals surface area contributed by atoms with Gasteiger partial charge in [0.15, 0.2) is 0 Å². The topological polar surface area (TPSA) is 90.6 Å². The van der Waals surface area contributed by atoms with Crippen molar-refractivity contribution in [2.45, 2.75) is 45.4 Å². The second-order valence-electron chi connectivity index (χ2n) is 7.96. The van der Waals surface area contributed by atoms with Crippen molar-refractivity contribution in [2.24, 2.45) is 0 Å². The van der Waals surface area contributed by atoms with Crippen LogP contribution >= 0.6 is 11.6 Å². The molecule has 0 saturated carbocycles. The van der Waals surface area contributed by atoms with E-state index >= 15 is 0 Å². The average Bonchev–Trinajstić information content (AvgIpc) is 3.45. The van der Waals surface area contributed by atoms with E-state index in [0.717, 1.165) is 42.4 Å². The van der Waals surface area contributed by atoms with Gasteiger partial charge in [-0.2, -0.15) is 0 Å². The summed E-state index contributed by atoms with van der Waals surface area (Å²) in [5.74, 6) is 0.191. The minimum Gasteiger partial charge on any atom is -0.507 e. The van der Waals surface area contributed by atoms with E-state index in [1.165, 1.54) is 6.07 Å². The van der Waals surface area contributed by atoms with Gasteiger partial charge in [-0.15, -0.1) is 0 Å². The van der Waals surface area contributed by atoms with Gasteiger partial charge in [0.2, 0.25) is 0 Å². The number of aryl methyl sites for hydroxylation is 1. The predicted octanol–water partition coefficient (Wildman–Crippen LogP) is 4.23. The summed E-state index contributed by atoms with van der Waals surface area (Å²) in [7, 11) is 0. The Labute approximate surface area is 192 Å². The molecule has 1 aromatic heterocycles. The van der Waals surface area contributed by atoms with Crippen LogP contribution in [0.15, 0.2) is 48.8 Å². The maximum atomic E-state index is 13.2. The van der Waals surface area contributed by atoms with E-state index in [4.69, 9.17) is 11.6 Å². The lowest BCUT2D eigenvalue weighted by Crippen LogP contribution is -2.30. The van der Waals surface area contributed by atoms with Gasteiger partial charge in [-0.25, -0.2) is 4.98 Å². The first-order valence-electron chi connectivity index (χ1n) is 10.8. The lowest BCUT2D eigenvalue weighted by molar-refractivity contribution is 0.0732. The first kappa shape index (κ1) is 22.2. The lowest BCUT2D eigenvalue weighted by Gasteiger charge is -2.26. The third-order valence-corrected chi connectivity index (χ3v) is 6.20. The molecule has 8 heteroatoms. The molecule has 1 aliphatic heterocycles. The normalized spacial score (nSPS) is 15.9. The molecule has 0 spiro atoms. The Hall–Kier alpha value is -3.03. The number of benzene rings is 2. The molecule has 0 bridgehead atoms. The van der Waals surface area contributed by atoms with Crippen molar-refractivity contribution in [1.82, 2.24) is 19.8 Å². The molecule has 0 radical (unpaired) electrons. The van der Waals surface area contributed by atoms with Crippen LogP contribution in [0.2, 0.25) is 5.02 Å². The van der Waals surface area contributed by atoms with E-state index in [1.54, 1.807) is 4.90 Å². The second-order valence-corrected chi connectivity index (χ2v) is 8.36. The third-order valence-electron chi connectivity index (χ3n) is 5.90. The number of carbonyl (C=O) groups excluding carboxylic acids is 1. The fraction of sp³-hybridized carbons (Fsp3) is 0.333. The molecule has 3 aromatic rings. The van der Waals surface area contributed by atoms with Crippen molar-refractivity contribution in [2.75, 3.05) is 6.54 Å². The molecule has 0 aliphatic carbocycles. The number of halogens is 1. The van der Waals surface area contributed by atoms with E-state index in [2.05, 4.69) is 33.9 Å². The Morgan fingerprint density at radius 3 is 2.88 bits per heavy atom. The summed E-state index contributed by atoms with van der Waals surface area (Å²) in [5.41, 5.74) is 2.30. The zero-order valence-corrected chi connectivity index (χ0v) is 18.7. The number of hydrogen-bond acceptors (Lipinski definition) is 5. The number of amides is 1. The Bertz CT molecular complexity index is 1110. The number of phenols is 2. The van der Waals surface area contributed by atoms with Crippen molar-refractivity contribution < 1.29 is 15.0 Å². The number of aromatic nitrogens is 2. The summed E-state index contributed by atoms with van der Waals surface area (Å²) in [6.45, 7) is 4.96. The van der Waals surface area contributed by atoms with Gasteiger partial charge in [0.1, 0.15) is 17.3 Å². The molecule has 1 unspecified atom stereocenters. The van der Waals surface area contributed by atoms with Gasteiger partial charge in [0, 0.05) is 38.1 Å². The highest BCUT2D eigenvalue weighted by Crippen LogP contribution is 2.37. The number of carbonyl (C=O) groups is 1. The van der Waals surface area contributed by atoms with Gasteiger partial charge < -0.3 is 25.0 Å². The van der Waals surface area contributed by atoms with Crippen LogP contribution in [0.1, 0.15) is 53.1 Å². The molecule has 2 aromatic carbocycles. The second kappa shape index (κ2) is 9.63. The first-order chi connectivity index (χ1) is 15.5. The molecule has 2 heterocycles. The van der Waals surface area contributed by atoms with Crippen LogP contribution in [-0.2, 0) is 19.6 Å². The van der Waals surface area contributed by atoms with Gasteiger partial charge in [-0.1, -0.05) is 35.9 Å². The van der Waals surface area contributed by atoms with Gasteiger partial charge >= 0.3 is 0 Å². The van der Waals surface area contributed by atoms with Crippen LogP contribution in [-0.4, -0.2) is 37.1 Å². The highest BCUT2D eigenvalue weighted by molar-refractivity contribution is 6.32. The summed E-state index contributed by atoms with van der Waals surface area (Å²) >= 11 is 5.97. The number of aromatic hydroxyl groups is 2. The Morgan fingerprint density at radius 1 is 1.22 bits per heavy atom. The predicted molar refractivity (Wildman–Crippen MR) is 123 cm³/mol. The lowest BCUT2D eigenvalue weighted by atomic mass is 10.0. The van der Waals surface area contributed by atoms with Crippen molar-refractivity contribution in [3.63, 3.8) is 0 Å². The number of nitrogens with zero attached hydrogens (tertiary/aromatic N) is 3. The van der Waals surface area contributed by atoms with Crippen LogP contribution in [0.5, 0.6) is 11.5 Å². The van der Waals surface area contributed by atoms with Crippen LogP contribution in [0.3, 0.4) is 0 Å². The quantitative estimate of drug-likeness (QED) is 0.497. The molecule has 4 rings (SSSR count). The van der Waals surface area contributed by atoms with E-state index in [0.29, 0.717) is 19.6 Å². The number of likely N-dealkylation sites (tertiary alicyclic amines) is 1. The summed E-state index contributed by atoms with van der Waals surface area (Å²) in [6, 6.07) is 10.6. The Morgan fingerprint density at radius 2 is 2.06 bits per heavy atom. The highest BCUT2D eigenvalue weighted by atomic mass is 35.5. The SMILES string of the molecule is CCn1ccnc1CNCc1cccc(C2CCCN2C(=O)c2cc(Cl)c(O)cc2O)c1. The van der Waals surface area contributed by atoms with E-state index < -0.39 is 0 Å². The van der Waals surface area contributed by atoms with Crippen molar-refractivity contribution >= 4 is 17.5 Å². The van der Waals surface area contributed by atoms with Gasteiger partial charge in [0.25, 0.3) is 5.91 Å². The van der Waals surface area contributed by atoms with Crippen LogP contribution in [0.4, 0.5) is 0 Å². The zero-order valence-electron chi connectivity index (χ0n) is 18.0. The minimum absolute atomic E-state index is 0.0404. The standard InChI is InChI=1S/C24H27ClN4O3/c1-2-28-10-8-27-23(28)15-26-14-16-5-3-6-17(11-16)20-7-4-9-29(20)24(32)18-12-19(25)22(31)13-21(18)30/h3,5-6,8,10-13,20,26,30-31H,2,4,7,9,14-15H2,1H3. The fourth-order valence-corrected chi connectivity index (χ4v) is 4.42. The molecule has 1 amide bonds. The summed E-state index contributed by atoms with van der Waals surface area (Å²) in [6.07, 6.45) is 5.52. The van der Waals surface area contributed by atoms with Crippen LogP contribution in [0, 0.1) is 0 Å². The number of hydrogen-bond donors (Lipinski definition) is 3. The Balaban J connectivity index is 1.47. The molecule has 1 atom stereocenters. The molecule has 1 fully saturated rings. The van der Waals surface area contributed by atoms with Gasteiger partial charge in [-0.05, 0) is 37.0 Å². The average molecular weight is 455 g/mol. The molecular formula is C24H27ClN4O3. The zero-order chi connectivity index (χ0) is 22.7. The number of phenolic OH excluding ortho intramolecular Hbond substituents is 2. The van der Waals surface area contributed by atoms with Crippen LogP contribution < -0.4 is 5.32 Å². The van der Waals surface area contributed by atoms with Crippen LogP contribution in [0.25, 0.3) is 0 Å². The first-order valence-corrected chi connectivity index (χ1v) is 11.2. The molecule has 7 nitrogen and oxygen atoms in total. The molecule has 3 N–H and O–H groups in total. The van der Waals surface area contributed by atoms with E-state index in [9.17, 15) is 15.0 Å². The van der Waals surface area contributed by atoms with E-state index in [-0.39, 0.29) is 34.0 Å². The summed E-state index contributed by atoms with van der Waals surface area (Å²) in [5, 5.41) is 23.3. The van der Waals surface area contributed by atoms with Gasteiger partial charge in [-0.3, -0.25) is 4.79 Å². The minimum atomic E-state index is -0.290. The molecule has 1 saturated heterocycles. The Kier molecular flexibility index (Phi) is 6.67. The maximum Gasteiger partial charge on any atom is 0.258 e. The largest absolute Gasteiger partial charge is 0.507 e. The maximum absolute atomic E-state index is 13.2. The molecule has 1 aliphatic rings.